The minimum atomic E-state index is -0.734. The van der Waals surface area contributed by atoms with Gasteiger partial charge < -0.3 is 25.2 Å². The number of para-hydroxylation sites is 1. The summed E-state index contributed by atoms with van der Waals surface area (Å²) in [6.45, 7) is 2.52. The molecule has 0 saturated carbocycles. The third kappa shape index (κ3) is 2.96. The van der Waals surface area contributed by atoms with E-state index in [1.54, 1.807) is 13.0 Å². The van der Waals surface area contributed by atoms with Crippen LogP contribution < -0.4 is 20.9 Å². The highest BCUT2D eigenvalue weighted by Crippen LogP contribution is 2.33. The van der Waals surface area contributed by atoms with Gasteiger partial charge in [-0.2, -0.15) is 0 Å². The van der Waals surface area contributed by atoms with Gasteiger partial charge in [-0.25, -0.2) is 0 Å². The Kier molecular flexibility index (Phi) is 4.45. The molecule has 8 heteroatoms. The third-order valence-electron chi connectivity index (χ3n) is 4.13. The summed E-state index contributed by atoms with van der Waals surface area (Å²) < 4.78 is 5.12. The van der Waals surface area contributed by atoms with Crippen molar-refractivity contribution in [2.45, 2.75) is 19.4 Å². The van der Waals surface area contributed by atoms with Crippen LogP contribution in [0.3, 0.4) is 0 Å². The number of phenols is 1. The van der Waals surface area contributed by atoms with Crippen molar-refractivity contribution < 1.29 is 19.7 Å². The van der Waals surface area contributed by atoms with E-state index in [0.717, 1.165) is 0 Å². The molecule has 2 aromatic carbocycles. The number of aromatic hydroxyl groups is 1. The van der Waals surface area contributed by atoms with Gasteiger partial charge in [0.15, 0.2) is 11.5 Å². The molecule has 1 aliphatic rings. The summed E-state index contributed by atoms with van der Waals surface area (Å²) in [7, 11) is 0. The van der Waals surface area contributed by atoms with Gasteiger partial charge in [-0.3, -0.25) is 14.4 Å². The van der Waals surface area contributed by atoms with Crippen molar-refractivity contribution in [3.63, 3.8) is 0 Å². The molecule has 0 spiro atoms. The molecule has 1 fully saturated rings. The highest BCUT2D eigenvalue weighted by molar-refractivity contribution is 5.99. The second-order valence-corrected chi connectivity index (χ2v) is 5.82. The number of hydrogen-bond acceptors (Lipinski definition) is 7. The lowest BCUT2D eigenvalue weighted by atomic mass is 10.1. The molecule has 3 N–H and O–H groups in total. The molecule has 1 unspecified atom stereocenters. The Balaban J connectivity index is 1.87. The number of ether oxygens (including phenoxy) is 1. The highest BCUT2D eigenvalue weighted by atomic mass is 16.5. The van der Waals surface area contributed by atoms with Gasteiger partial charge >= 0.3 is 0 Å². The fourth-order valence-corrected chi connectivity index (χ4v) is 2.81. The average Bonchev–Trinajstić information content (AvgIpc) is 3.04. The van der Waals surface area contributed by atoms with Gasteiger partial charge in [0.05, 0.1) is 24.0 Å². The van der Waals surface area contributed by atoms with Crippen molar-refractivity contribution in [1.29, 1.82) is 0 Å². The van der Waals surface area contributed by atoms with Gasteiger partial charge in [0.2, 0.25) is 0 Å². The number of β-amino-alcohol motifs (C(OH)–C–C–N with tert-alkyl or cyclic N) is 1. The minimum Gasteiger partial charge on any atom is -0.505 e. The second kappa shape index (κ2) is 6.56. The summed E-state index contributed by atoms with van der Waals surface area (Å²) in [5, 5.41) is 22.6. The number of likely N-dealkylation sites (tertiary alicyclic amines) is 1. The maximum Gasteiger partial charge on any atom is 0.272 e. The first-order chi connectivity index (χ1) is 11.9. The number of hydrogen-bond donors (Lipinski definition) is 3. The van der Waals surface area contributed by atoms with Gasteiger partial charge in [0.25, 0.3) is 16.8 Å². The zero-order valence-electron chi connectivity index (χ0n) is 13.6. The van der Waals surface area contributed by atoms with E-state index in [4.69, 9.17) is 4.74 Å². The van der Waals surface area contributed by atoms with Crippen molar-refractivity contribution in [3.8, 4) is 11.5 Å². The summed E-state index contributed by atoms with van der Waals surface area (Å²) in [6, 6.07) is 4.49. The molecule has 1 heterocycles. The molecule has 0 bridgehead atoms. The molecule has 1 atom stereocenters. The molecular formula is C17H18N2O6. The lowest BCUT2D eigenvalue weighted by Crippen LogP contribution is -2.35. The fraction of sp³-hybridized carbons (Fsp3) is 0.353. The second-order valence-electron chi connectivity index (χ2n) is 5.82. The molecule has 0 aliphatic carbocycles. The predicted molar refractivity (Wildman–Crippen MR) is 90.4 cm³/mol. The Bertz CT molecular complexity index is 884. The van der Waals surface area contributed by atoms with Crippen LogP contribution in [-0.2, 0) is 0 Å². The molecule has 1 aliphatic heterocycles. The number of benzene rings is 1. The Labute approximate surface area is 143 Å². The minimum absolute atomic E-state index is 0.0386. The highest BCUT2D eigenvalue weighted by Gasteiger charge is 2.28. The predicted octanol–water partition coefficient (Wildman–Crippen LogP) is 0.337. The first-order valence-corrected chi connectivity index (χ1v) is 7.96. The molecule has 2 aromatic rings. The third-order valence-corrected chi connectivity index (χ3v) is 4.13. The summed E-state index contributed by atoms with van der Waals surface area (Å²) in [5.41, 5.74) is -1.32. The zero-order chi connectivity index (χ0) is 18.1. The van der Waals surface area contributed by atoms with Crippen LogP contribution in [0.2, 0.25) is 0 Å². The molecule has 3 rings (SSSR count). The van der Waals surface area contributed by atoms with Crippen molar-refractivity contribution in [2.24, 2.45) is 0 Å². The SMILES string of the molecule is CCOc1c(Nc2cccc(C(=O)N3CCC(O)C3)c2O)c(=O)c1=O. The quantitative estimate of drug-likeness (QED) is 0.528. The smallest absolute Gasteiger partial charge is 0.272 e. The summed E-state index contributed by atoms with van der Waals surface area (Å²) in [4.78, 5) is 37.1. The van der Waals surface area contributed by atoms with Crippen LogP contribution in [0.1, 0.15) is 23.7 Å². The van der Waals surface area contributed by atoms with Crippen LogP contribution in [0, 0.1) is 0 Å². The molecule has 25 heavy (non-hydrogen) atoms. The van der Waals surface area contributed by atoms with Crippen LogP contribution in [0.5, 0.6) is 11.5 Å². The Morgan fingerprint density at radius 2 is 2.12 bits per heavy atom. The van der Waals surface area contributed by atoms with Crippen molar-refractivity contribution >= 4 is 17.3 Å². The number of carbonyl (C=O) groups excluding carboxylic acids is 1. The fourth-order valence-electron chi connectivity index (χ4n) is 2.81. The topological polar surface area (TPSA) is 116 Å². The maximum absolute atomic E-state index is 12.5. The lowest BCUT2D eigenvalue weighted by Gasteiger charge is -2.18. The van der Waals surface area contributed by atoms with E-state index in [-0.39, 0.29) is 41.6 Å². The zero-order valence-corrected chi connectivity index (χ0v) is 13.6. The number of nitrogens with one attached hydrogen (secondary N) is 1. The van der Waals surface area contributed by atoms with Crippen LogP contribution in [0.4, 0.5) is 11.4 Å². The van der Waals surface area contributed by atoms with Crippen molar-refractivity contribution in [1.82, 2.24) is 4.90 Å². The van der Waals surface area contributed by atoms with Gasteiger partial charge in [0.1, 0.15) is 5.69 Å². The number of amides is 1. The van der Waals surface area contributed by atoms with Crippen molar-refractivity contribution in [2.75, 3.05) is 25.0 Å². The number of aliphatic hydroxyl groups excluding tert-OH is 1. The molecule has 1 amide bonds. The first-order valence-electron chi connectivity index (χ1n) is 7.96. The Morgan fingerprint density at radius 1 is 1.36 bits per heavy atom. The molecule has 1 saturated heterocycles. The normalized spacial score (nSPS) is 17.0. The van der Waals surface area contributed by atoms with E-state index in [2.05, 4.69) is 5.32 Å². The molecule has 132 valence electrons. The molecule has 0 radical (unpaired) electrons. The monoisotopic (exact) mass is 346 g/mol. The van der Waals surface area contributed by atoms with Crippen molar-refractivity contribution in [3.05, 3.63) is 44.2 Å². The number of phenolic OH excluding ortho intramolecular Hbond substituents is 1. The van der Waals surface area contributed by atoms with E-state index in [9.17, 15) is 24.6 Å². The van der Waals surface area contributed by atoms with Crippen LogP contribution >= 0.6 is 0 Å². The van der Waals surface area contributed by atoms with Crippen LogP contribution in [0.15, 0.2) is 27.8 Å². The van der Waals surface area contributed by atoms with E-state index in [0.29, 0.717) is 13.0 Å². The number of anilines is 2. The van der Waals surface area contributed by atoms with Gasteiger partial charge in [-0.1, -0.05) is 6.07 Å². The molecular weight excluding hydrogens is 328 g/mol. The van der Waals surface area contributed by atoms with Gasteiger partial charge in [-0.05, 0) is 25.5 Å². The molecule has 8 nitrogen and oxygen atoms in total. The van der Waals surface area contributed by atoms with Crippen LogP contribution in [0.25, 0.3) is 0 Å². The van der Waals surface area contributed by atoms with Crippen LogP contribution in [-0.4, -0.2) is 46.8 Å². The standard InChI is InChI=1S/C17H18N2O6/c1-2-25-16-12(14(22)15(16)23)18-11-5-3-4-10(13(11)21)17(24)19-7-6-9(20)8-19/h3-5,9,18,20-21H,2,6-8H2,1H3. The Morgan fingerprint density at radius 3 is 2.76 bits per heavy atom. The number of rotatable bonds is 5. The maximum atomic E-state index is 12.5. The van der Waals surface area contributed by atoms with E-state index in [1.165, 1.54) is 17.0 Å². The summed E-state index contributed by atoms with van der Waals surface area (Å²) >= 11 is 0. The largest absolute Gasteiger partial charge is 0.505 e. The first kappa shape index (κ1) is 17.0. The Hall–Kier alpha value is -2.87. The van der Waals surface area contributed by atoms with Gasteiger partial charge in [0, 0.05) is 13.1 Å². The average molecular weight is 346 g/mol. The number of nitrogens with zero attached hydrogens (tertiary/aromatic N) is 1. The van der Waals surface area contributed by atoms with Gasteiger partial charge in [-0.15, -0.1) is 0 Å². The number of carbonyl (C=O) groups is 1. The summed E-state index contributed by atoms with van der Waals surface area (Å²) in [6.07, 6.45) is -0.0732. The summed E-state index contributed by atoms with van der Waals surface area (Å²) in [5.74, 6) is -0.816. The van der Waals surface area contributed by atoms with E-state index < -0.39 is 22.9 Å². The lowest BCUT2D eigenvalue weighted by molar-refractivity contribution is 0.0762. The number of aliphatic hydroxyl groups is 1. The van der Waals surface area contributed by atoms with E-state index >= 15 is 0 Å². The van der Waals surface area contributed by atoms with E-state index in [1.807, 2.05) is 0 Å². The molecule has 0 aromatic heterocycles.